The van der Waals surface area contributed by atoms with E-state index in [0.717, 1.165) is 24.4 Å². The molecule has 0 atom stereocenters. The number of piperidine rings is 1. The summed E-state index contributed by atoms with van der Waals surface area (Å²) < 4.78 is 2.14. The summed E-state index contributed by atoms with van der Waals surface area (Å²) in [5.74, 6) is -0.0306. The molecule has 1 fully saturated rings. The van der Waals surface area contributed by atoms with Crippen molar-refractivity contribution in [2.45, 2.75) is 32.7 Å². The van der Waals surface area contributed by atoms with Crippen LogP contribution in [0.25, 0.3) is 11.0 Å². The normalized spacial score (nSPS) is 16.4. The molecule has 2 aromatic rings. The number of fused-ring (bicyclic) bond motifs is 1. The van der Waals surface area contributed by atoms with Crippen molar-refractivity contribution in [1.82, 2.24) is 14.5 Å². The Bertz CT molecular complexity index is 657. The number of para-hydroxylation sites is 1. The van der Waals surface area contributed by atoms with Gasteiger partial charge in [0.25, 0.3) is 0 Å². The molecule has 3 rings (SSSR count). The first-order valence-electron chi connectivity index (χ1n) is 7.58. The van der Waals surface area contributed by atoms with Gasteiger partial charge in [-0.1, -0.05) is 12.5 Å². The second-order valence-corrected chi connectivity index (χ2v) is 5.69. The molecule has 0 amide bonds. The minimum Gasteiger partial charge on any atom is -0.478 e. The summed E-state index contributed by atoms with van der Waals surface area (Å²) in [4.78, 5) is 18.2. The number of likely N-dealkylation sites (tertiary alicyclic amines) is 1. The van der Waals surface area contributed by atoms with Crippen LogP contribution in [0.1, 0.15) is 35.4 Å². The van der Waals surface area contributed by atoms with Gasteiger partial charge in [0.15, 0.2) is 0 Å². The quantitative estimate of drug-likeness (QED) is 0.938. The first kappa shape index (κ1) is 14.1. The van der Waals surface area contributed by atoms with Crippen LogP contribution in [0.3, 0.4) is 0 Å². The Kier molecular flexibility index (Phi) is 3.92. The number of benzene rings is 1. The zero-order valence-electron chi connectivity index (χ0n) is 12.4. The molecule has 0 unspecified atom stereocenters. The smallest absolute Gasteiger partial charge is 0.337 e. The van der Waals surface area contributed by atoms with E-state index in [-0.39, 0.29) is 5.56 Å². The number of carbonyl (C=O) groups is 1. The standard InChI is InChI=1S/C16H21N3O2/c1-12-17-15-13(16(20)21)6-5-7-14(15)19(12)11-10-18-8-3-2-4-9-18/h5-7H,2-4,8-11H2,1H3,(H,20,21). The Balaban J connectivity index is 1.86. The van der Waals surface area contributed by atoms with Gasteiger partial charge in [0.2, 0.25) is 0 Å². The lowest BCUT2D eigenvalue weighted by Gasteiger charge is -2.26. The van der Waals surface area contributed by atoms with Gasteiger partial charge in [-0.2, -0.15) is 0 Å². The molecule has 2 heterocycles. The van der Waals surface area contributed by atoms with E-state index in [0.29, 0.717) is 5.52 Å². The molecule has 1 aromatic heterocycles. The number of nitrogens with zero attached hydrogens (tertiary/aromatic N) is 3. The highest BCUT2D eigenvalue weighted by Crippen LogP contribution is 2.20. The zero-order valence-corrected chi connectivity index (χ0v) is 12.4. The number of hydrogen-bond donors (Lipinski definition) is 1. The monoisotopic (exact) mass is 287 g/mol. The van der Waals surface area contributed by atoms with Gasteiger partial charge >= 0.3 is 5.97 Å². The van der Waals surface area contributed by atoms with E-state index in [2.05, 4.69) is 14.5 Å². The highest BCUT2D eigenvalue weighted by molar-refractivity contribution is 6.01. The predicted molar refractivity (Wildman–Crippen MR) is 81.7 cm³/mol. The fourth-order valence-corrected chi connectivity index (χ4v) is 3.14. The SMILES string of the molecule is Cc1nc2c(C(=O)O)cccc2n1CCN1CCCCC1. The van der Waals surface area contributed by atoms with Gasteiger partial charge < -0.3 is 14.6 Å². The molecule has 0 radical (unpaired) electrons. The Hall–Kier alpha value is -1.88. The number of aromatic carboxylic acids is 1. The topological polar surface area (TPSA) is 58.4 Å². The second kappa shape index (κ2) is 5.85. The Morgan fingerprint density at radius 1 is 1.24 bits per heavy atom. The van der Waals surface area contributed by atoms with Crippen molar-refractivity contribution in [3.05, 3.63) is 29.6 Å². The lowest BCUT2D eigenvalue weighted by Crippen LogP contribution is -2.32. The maximum atomic E-state index is 11.3. The molecule has 1 aliphatic rings. The maximum Gasteiger partial charge on any atom is 0.337 e. The van der Waals surface area contributed by atoms with Gasteiger partial charge in [-0.05, 0) is 45.0 Å². The third-order valence-corrected chi connectivity index (χ3v) is 4.29. The van der Waals surface area contributed by atoms with Gasteiger partial charge in [-0.25, -0.2) is 9.78 Å². The minimum absolute atomic E-state index is 0.285. The number of hydrogen-bond acceptors (Lipinski definition) is 3. The molecule has 0 spiro atoms. The number of rotatable bonds is 4. The number of aryl methyl sites for hydroxylation is 1. The fourth-order valence-electron chi connectivity index (χ4n) is 3.14. The third kappa shape index (κ3) is 2.78. The van der Waals surface area contributed by atoms with E-state index < -0.39 is 5.97 Å². The summed E-state index contributed by atoms with van der Waals surface area (Å²) in [7, 11) is 0. The van der Waals surface area contributed by atoms with Crippen LogP contribution >= 0.6 is 0 Å². The highest BCUT2D eigenvalue weighted by Gasteiger charge is 2.16. The van der Waals surface area contributed by atoms with E-state index in [9.17, 15) is 9.90 Å². The molecular weight excluding hydrogens is 266 g/mol. The van der Waals surface area contributed by atoms with E-state index in [1.54, 1.807) is 12.1 Å². The van der Waals surface area contributed by atoms with Crippen molar-refractivity contribution < 1.29 is 9.90 Å². The molecule has 0 saturated carbocycles. The lowest BCUT2D eigenvalue weighted by atomic mass is 10.1. The van der Waals surface area contributed by atoms with Crippen LogP contribution in [0.2, 0.25) is 0 Å². The van der Waals surface area contributed by atoms with Gasteiger partial charge in [0.05, 0.1) is 11.1 Å². The van der Waals surface area contributed by atoms with Crippen molar-refractivity contribution in [2.24, 2.45) is 0 Å². The van der Waals surface area contributed by atoms with Crippen LogP contribution in [0.5, 0.6) is 0 Å². The average molecular weight is 287 g/mol. The number of carboxylic acids is 1. The third-order valence-electron chi connectivity index (χ3n) is 4.29. The molecule has 1 aliphatic heterocycles. The summed E-state index contributed by atoms with van der Waals surface area (Å²) in [6, 6.07) is 5.37. The molecule has 5 nitrogen and oxygen atoms in total. The van der Waals surface area contributed by atoms with Crippen LogP contribution in [0.15, 0.2) is 18.2 Å². The average Bonchev–Trinajstić information content (AvgIpc) is 2.81. The first-order chi connectivity index (χ1) is 10.2. The Labute approximate surface area is 124 Å². The van der Waals surface area contributed by atoms with E-state index in [1.165, 1.54) is 32.4 Å². The molecular formula is C16H21N3O2. The summed E-state index contributed by atoms with van der Waals surface area (Å²) in [5.41, 5.74) is 1.80. The Morgan fingerprint density at radius 3 is 2.71 bits per heavy atom. The summed E-state index contributed by atoms with van der Waals surface area (Å²) >= 11 is 0. The number of aromatic nitrogens is 2. The van der Waals surface area contributed by atoms with E-state index in [4.69, 9.17) is 0 Å². The van der Waals surface area contributed by atoms with Gasteiger partial charge in [-0.3, -0.25) is 0 Å². The molecule has 21 heavy (non-hydrogen) atoms. The number of carboxylic acid groups (broad SMARTS) is 1. The molecule has 112 valence electrons. The predicted octanol–water partition coefficient (Wildman–Crippen LogP) is 2.53. The summed E-state index contributed by atoms with van der Waals surface area (Å²) in [5, 5.41) is 9.26. The van der Waals surface area contributed by atoms with Crippen LogP contribution in [-0.4, -0.2) is 45.2 Å². The van der Waals surface area contributed by atoms with Crippen LogP contribution < -0.4 is 0 Å². The van der Waals surface area contributed by atoms with Crippen LogP contribution in [-0.2, 0) is 6.54 Å². The van der Waals surface area contributed by atoms with Crippen molar-refractivity contribution in [2.75, 3.05) is 19.6 Å². The van der Waals surface area contributed by atoms with Crippen molar-refractivity contribution >= 4 is 17.0 Å². The fraction of sp³-hybridized carbons (Fsp3) is 0.500. The molecule has 0 aliphatic carbocycles. The van der Waals surface area contributed by atoms with Gasteiger partial charge in [0, 0.05) is 13.1 Å². The second-order valence-electron chi connectivity index (χ2n) is 5.69. The van der Waals surface area contributed by atoms with Gasteiger partial charge in [-0.15, -0.1) is 0 Å². The minimum atomic E-state index is -0.915. The molecule has 1 saturated heterocycles. The van der Waals surface area contributed by atoms with E-state index in [1.807, 2.05) is 13.0 Å². The largest absolute Gasteiger partial charge is 0.478 e. The lowest BCUT2D eigenvalue weighted by molar-refractivity contribution is 0.0699. The van der Waals surface area contributed by atoms with Crippen molar-refractivity contribution in [3.63, 3.8) is 0 Å². The molecule has 1 N–H and O–H groups in total. The Morgan fingerprint density at radius 2 is 2.00 bits per heavy atom. The van der Waals surface area contributed by atoms with Crippen LogP contribution in [0, 0.1) is 6.92 Å². The first-order valence-corrected chi connectivity index (χ1v) is 7.58. The highest BCUT2D eigenvalue weighted by atomic mass is 16.4. The van der Waals surface area contributed by atoms with Crippen molar-refractivity contribution in [3.8, 4) is 0 Å². The van der Waals surface area contributed by atoms with Gasteiger partial charge in [0.1, 0.15) is 11.3 Å². The maximum absolute atomic E-state index is 11.3. The summed E-state index contributed by atoms with van der Waals surface area (Å²) in [6.45, 7) is 6.16. The molecule has 5 heteroatoms. The molecule has 0 bridgehead atoms. The zero-order chi connectivity index (χ0) is 14.8. The molecule has 1 aromatic carbocycles. The van der Waals surface area contributed by atoms with E-state index >= 15 is 0 Å². The number of imidazole rings is 1. The summed E-state index contributed by atoms with van der Waals surface area (Å²) in [6.07, 6.45) is 3.91. The van der Waals surface area contributed by atoms with Crippen LogP contribution in [0.4, 0.5) is 0 Å². The van der Waals surface area contributed by atoms with Crippen molar-refractivity contribution in [1.29, 1.82) is 0 Å².